The number of rotatable bonds is 4. The molecule has 3 heterocycles. The van der Waals surface area contributed by atoms with Crippen LogP contribution in [0.2, 0.25) is 0 Å². The summed E-state index contributed by atoms with van der Waals surface area (Å²) < 4.78 is 15.5. The fraction of sp³-hybridized carbons (Fsp3) is 0.250. The second-order valence-corrected chi connectivity index (χ2v) is 7.82. The van der Waals surface area contributed by atoms with Crippen LogP contribution in [0, 0.1) is 11.7 Å². The van der Waals surface area contributed by atoms with Crippen molar-refractivity contribution in [2.24, 2.45) is 5.92 Å². The van der Waals surface area contributed by atoms with E-state index >= 15 is 0 Å². The lowest BCUT2D eigenvalue weighted by Gasteiger charge is -2.33. The summed E-state index contributed by atoms with van der Waals surface area (Å²) in [6.45, 7) is 1.84. The highest BCUT2D eigenvalue weighted by atomic mass is 19.1. The molecule has 6 heteroatoms. The van der Waals surface area contributed by atoms with E-state index < -0.39 is 0 Å². The van der Waals surface area contributed by atoms with Crippen LogP contribution in [0.25, 0.3) is 16.6 Å². The smallest absolute Gasteiger partial charge is 0.225 e. The van der Waals surface area contributed by atoms with Crippen LogP contribution in [0.1, 0.15) is 18.4 Å². The minimum atomic E-state index is -0.288. The molecule has 5 rings (SSSR count). The number of amides is 1. The van der Waals surface area contributed by atoms with Gasteiger partial charge in [-0.2, -0.15) is 0 Å². The maximum absolute atomic E-state index is 13.4. The van der Waals surface area contributed by atoms with Crippen molar-refractivity contribution < 1.29 is 9.18 Å². The Morgan fingerprint density at radius 3 is 2.87 bits per heavy atom. The molecule has 2 aromatic carbocycles. The number of anilines is 1. The predicted octanol–water partition coefficient (Wildman–Crippen LogP) is 4.16. The summed E-state index contributed by atoms with van der Waals surface area (Å²) in [6.07, 6.45) is 3.83. The third-order valence-electron chi connectivity index (χ3n) is 5.79. The predicted molar refractivity (Wildman–Crippen MR) is 116 cm³/mol. The zero-order chi connectivity index (χ0) is 20.5. The van der Waals surface area contributed by atoms with Gasteiger partial charge >= 0.3 is 0 Å². The zero-order valence-corrected chi connectivity index (χ0v) is 16.6. The Hall–Kier alpha value is -3.41. The minimum Gasteiger partial charge on any atom is -0.354 e. The topological polar surface area (TPSA) is 49.6 Å². The third-order valence-corrected chi connectivity index (χ3v) is 5.79. The highest BCUT2D eigenvalue weighted by Crippen LogP contribution is 2.29. The van der Waals surface area contributed by atoms with Crippen LogP contribution >= 0.6 is 0 Å². The normalized spacial score (nSPS) is 16.8. The van der Waals surface area contributed by atoms with Crippen molar-refractivity contribution in [3.63, 3.8) is 0 Å². The van der Waals surface area contributed by atoms with E-state index in [0.717, 1.165) is 47.3 Å². The number of halogens is 1. The Kier molecular flexibility index (Phi) is 4.83. The van der Waals surface area contributed by atoms with Crippen molar-refractivity contribution in [1.82, 2.24) is 14.7 Å². The molecule has 0 saturated carbocycles. The van der Waals surface area contributed by atoms with Gasteiger partial charge in [0.15, 0.2) is 5.82 Å². The molecular weight excluding hydrogens is 379 g/mol. The first kappa shape index (κ1) is 18.6. The molecule has 1 aliphatic heterocycles. The van der Waals surface area contributed by atoms with Gasteiger partial charge in [-0.25, -0.2) is 9.37 Å². The molecule has 0 spiro atoms. The second-order valence-electron chi connectivity index (χ2n) is 7.82. The number of nitrogens with zero attached hydrogens (tertiary/aromatic N) is 3. The molecule has 1 N–H and O–H groups in total. The van der Waals surface area contributed by atoms with Gasteiger partial charge in [0, 0.05) is 25.8 Å². The number of piperidine rings is 1. The van der Waals surface area contributed by atoms with Crippen molar-refractivity contribution in [2.75, 3.05) is 18.0 Å². The molecule has 5 nitrogen and oxygen atoms in total. The van der Waals surface area contributed by atoms with Gasteiger partial charge in [-0.3, -0.25) is 4.79 Å². The Balaban J connectivity index is 1.36. The highest BCUT2D eigenvalue weighted by Gasteiger charge is 2.27. The molecule has 1 unspecified atom stereocenters. The van der Waals surface area contributed by atoms with Crippen LogP contribution < -0.4 is 10.2 Å². The van der Waals surface area contributed by atoms with Crippen LogP contribution in [-0.2, 0) is 11.3 Å². The Morgan fingerprint density at radius 2 is 1.97 bits per heavy atom. The number of carbonyl (C=O) groups is 1. The van der Waals surface area contributed by atoms with Gasteiger partial charge in [0.2, 0.25) is 5.91 Å². The fourth-order valence-corrected chi connectivity index (χ4v) is 4.30. The number of fused-ring (bicyclic) bond motifs is 3. The summed E-state index contributed by atoms with van der Waals surface area (Å²) in [7, 11) is 0. The first-order valence-electron chi connectivity index (χ1n) is 10.3. The van der Waals surface area contributed by atoms with E-state index in [-0.39, 0.29) is 17.6 Å². The van der Waals surface area contributed by atoms with E-state index in [1.54, 1.807) is 6.07 Å². The van der Waals surface area contributed by atoms with E-state index in [1.807, 2.05) is 30.3 Å². The summed E-state index contributed by atoms with van der Waals surface area (Å²) >= 11 is 0. The van der Waals surface area contributed by atoms with Gasteiger partial charge in [-0.1, -0.05) is 24.3 Å². The lowest BCUT2D eigenvalue weighted by Crippen LogP contribution is -2.43. The molecule has 1 aliphatic rings. The third kappa shape index (κ3) is 3.49. The number of carbonyl (C=O) groups excluding carboxylic acids is 1. The van der Waals surface area contributed by atoms with Crippen molar-refractivity contribution >= 4 is 28.3 Å². The zero-order valence-electron chi connectivity index (χ0n) is 16.6. The standard InChI is InChI=1S/C24H23FN4O/c25-19-8-3-6-17(14-19)15-26-24(30)18-7-4-12-28(16-18)23-22-11-5-13-29(22)21-10-2-1-9-20(21)27-23/h1-3,5-6,8-11,13-14,18H,4,7,12,15-16H2,(H,26,30). The van der Waals surface area contributed by atoms with Gasteiger partial charge in [-0.15, -0.1) is 0 Å². The van der Waals surface area contributed by atoms with Crippen molar-refractivity contribution in [3.05, 3.63) is 78.2 Å². The van der Waals surface area contributed by atoms with E-state index in [1.165, 1.54) is 12.1 Å². The van der Waals surface area contributed by atoms with Gasteiger partial charge in [-0.05, 0) is 54.8 Å². The van der Waals surface area contributed by atoms with Crippen LogP contribution in [0.3, 0.4) is 0 Å². The van der Waals surface area contributed by atoms with Crippen LogP contribution in [0.15, 0.2) is 66.9 Å². The van der Waals surface area contributed by atoms with Crippen molar-refractivity contribution in [2.45, 2.75) is 19.4 Å². The summed E-state index contributed by atoms with van der Waals surface area (Å²) in [5.41, 5.74) is 3.83. The summed E-state index contributed by atoms with van der Waals surface area (Å²) in [5, 5.41) is 2.97. The average Bonchev–Trinajstić information content (AvgIpc) is 3.27. The van der Waals surface area contributed by atoms with Crippen LogP contribution in [0.5, 0.6) is 0 Å². The van der Waals surface area contributed by atoms with E-state index in [0.29, 0.717) is 13.1 Å². The molecule has 30 heavy (non-hydrogen) atoms. The number of hydrogen-bond acceptors (Lipinski definition) is 3. The lowest BCUT2D eigenvalue weighted by molar-refractivity contribution is -0.125. The lowest BCUT2D eigenvalue weighted by atomic mass is 9.97. The molecule has 0 aliphatic carbocycles. The summed E-state index contributed by atoms with van der Waals surface area (Å²) in [5.74, 6) is 0.525. The summed E-state index contributed by atoms with van der Waals surface area (Å²) in [4.78, 5) is 20.0. The quantitative estimate of drug-likeness (QED) is 0.558. The molecule has 1 atom stereocenters. The maximum Gasteiger partial charge on any atom is 0.225 e. The van der Waals surface area contributed by atoms with E-state index in [2.05, 4.69) is 32.9 Å². The van der Waals surface area contributed by atoms with E-state index in [9.17, 15) is 9.18 Å². The van der Waals surface area contributed by atoms with Crippen LogP contribution in [-0.4, -0.2) is 28.4 Å². The first-order chi connectivity index (χ1) is 14.7. The van der Waals surface area contributed by atoms with Gasteiger partial charge in [0.05, 0.1) is 22.5 Å². The van der Waals surface area contributed by atoms with Crippen molar-refractivity contribution in [3.8, 4) is 0 Å². The van der Waals surface area contributed by atoms with Crippen LogP contribution in [0.4, 0.5) is 10.2 Å². The molecular formula is C24H23FN4O. The molecule has 1 fully saturated rings. The first-order valence-corrected chi connectivity index (χ1v) is 10.3. The Labute approximate surface area is 174 Å². The Morgan fingerprint density at radius 1 is 1.10 bits per heavy atom. The number of para-hydroxylation sites is 2. The minimum absolute atomic E-state index is 0.0103. The number of aromatic nitrogens is 2. The average molecular weight is 402 g/mol. The van der Waals surface area contributed by atoms with Crippen molar-refractivity contribution in [1.29, 1.82) is 0 Å². The molecule has 1 saturated heterocycles. The second kappa shape index (κ2) is 7.78. The summed E-state index contributed by atoms with van der Waals surface area (Å²) in [6, 6.07) is 18.5. The molecule has 152 valence electrons. The monoisotopic (exact) mass is 402 g/mol. The number of benzene rings is 2. The molecule has 2 aromatic heterocycles. The van der Waals surface area contributed by atoms with E-state index in [4.69, 9.17) is 4.98 Å². The Bertz CT molecular complexity index is 1220. The SMILES string of the molecule is O=C(NCc1cccc(F)c1)C1CCCN(c2nc3ccccc3n3cccc23)C1. The highest BCUT2D eigenvalue weighted by molar-refractivity contribution is 5.86. The number of hydrogen-bond donors (Lipinski definition) is 1. The van der Waals surface area contributed by atoms with Gasteiger partial charge in [0.1, 0.15) is 5.82 Å². The van der Waals surface area contributed by atoms with Gasteiger partial charge < -0.3 is 14.6 Å². The largest absolute Gasteiger partial charge is 0.354 e. The molecule has 0 bridgehead atoms. The van der Waals surface area contributed by atoms with Gasteiger partial charge in [0.25, 0.3) is 0 Å². The molecule has 1 amide bonds. The number of nitrogens with one attached hydrogen (secondary N) is 1. The molecule has 4 aromatic rings. The maximum atomic E-state index is 13.4. The fourth-order valence-electron chi connectivity index (χ4n) is 4.30. The molecule has 0 radical (unpaired) electrons.